The summed E-state index contributed by atoms with van der Waals surface area (Å²) in [5.41, 5.74) is 1.69. The molecule has 4 nitrogen and oxygen atoms in total. The van der Waals surface area contributed by atoms with Gasteiger partial charge in [0.25, 0.3) is 5.56 Å². The molecule has 0 amide bonds. The molecule has 2 aliphatic rings. The molecule has 0 bridgehead atoms. The molecule has 2 atom stereocenters. The summed E-state index contributed by atoms with van der Waals surface area (Å²) in [6.07, 6.45) is 6.07. The third-order valence-electron chi connectivity index (χ3n) is 5.04. The summed E-state index contributed by atoms with van der Waals surface area (Å²) in [5, 5.41) is 4.50. The third-order valence-corrected chi connectivity index (χ3v) is 7.67. The molecule has 130 valence electrons. The van der Waals surface area contributed by atoms with Crippen molar-refractivity contribution in [1.29, 1.82) is 0 Å². The summed E-state index contributed by atoms with van der Waals surface area (Å²) in [4.78, 5) is 15.1. The number of hydrogen-bond acceptors (Lipinski definition) is 5. The minimum atomic E-state index is -0.322. The van der Waals surface area contributed by atoms with Crippen LogP contribution in [-0.4, -0.2) is 28.6 Å². The van der Waals surface area contributed by atoms with Gasteiger partial charge in [0.15, 0.2) is 0 Å². The molecule has 2 aliphatic heterocycles. The largest absolute Gasteiger partial charge is 0.359 e. The lowest BCUT2D eigenvalue weighted by Crippen LogP contribution is -2.41. The second kappa shape index (κ2) is 5.92. The van der Waals surface area contributed by atoms with Gasteiger partial charge in [-0.05, 0) is 25.3 Å². The highest BCUT2D eigenvalue weighted by molar-refractivity contribution is 8.22. The number of halogens is 1. The van der Waals surface area contributed by atoms with Crippen molar-refractivity contribution in [2.75, 3.05) is 18.2 Å². The van der Waals surface area contributed by atoms with Crippen LogP contribution in [0.3, 0.4) is 0 Å². The molecule has 2 unspecified atom stereocenters. The van der Waals surface area contributed by atoms with Gasteiger partial charge in [-0.3, -0.25) is 4.79 Å². The van der Waals surface area contributed by atoms with Gasteiger partial charge in [-0.15, -0.1) is 23.5 Å². The zero-order valence-corrected chi connectivity index (χ0v) is 15.8. The van der Waals surface area contributed by atoms with Crippen molar-refractivity contribution in [3.63, 3.8) is 0 Å². The van der Waals surface area contributed by atoms with Crippen molar-refractivity contribution in [2.45, 2.75) is 24.3 Å². The molecule has 0 fully saturated rings. The molecule has 3 heterocycles. The summed E-state index contributed by atoms with van der Waals surface area (Å²) in [6.45, 7) is 2.28. The lowest BCUT2D eigenvalue weighted by Gasteiger charge is -2.31. The summed E-state index contributed by atoms with van der Waals surface area (Å²) in [6, 6.07) is 6.48. The van der Waals surface area contributed by atoms with Crippen LogP contribution in [0.4, 0.5) is 10.1 Å². The van der Waals surface area contributed by atoms with E-state index in [1.807, 2.05) is 11.9 Å². The van der Waals surface area contributed by atoms with E-state index in [-0.39, 0.29) is 28.7 Å². The topological polar surface area (TPSA) is 38.1 Å². The molecule has 0 aliphatic carbocycles. The van der Waals surface area contributed by atoms with E-state index in [1.54, 1.807) is 47.9 Å². The molecule has 0 saturated heterocycles. The second-order valence-corrected chi connectivity index (χ2v) is 8.71. The van der Waals surface area contributed by atoms with Crippen LogP contribution >= 0.6 is 23.5 Å². The van der Waals surface area contributed by atoms with Crippen molar-refractivity contribution in [3.05, 3.63) is 68.1 Å². The standard InChI is InChI=1S/C18H18FN3OS2/c1-18-8-14(24-3)25-16(18)12-9-20-22(17(23)15(12)21(18)2)10-11-6-4-5-7-13(11)19/h4-9,16H,10H2,1-3H3. The van der Waals surface area contributed by atoms with Gasteiger partial charge < -0.3 is 4.90 Å². The molecule has 0 spiro atoms. The number of hydrogen-bond donors (Lipinski definition) is 0. The minimum Gasteiger partial charge on any atom is -0.359 e. The lowest BCUT2D eigenvalue weighted by atomic mass is 9.97. The highest BCUT2D eigenvalue weighted by atomic mass is 32.2. The van der Waals surface area contributed by atoms with Crippen LogP contribution < -0.4 is 10.5 Å². The minimum absolute atomic E-state index is 0.132. The van der Waals surface area contributed by atoms with Crippen LogP contribution in [0, 0.1) is 5.82 Å². The summed E-state index contributed by atoms with van der Waals surface area (Å²) in [5.74, 6) is -0.322. The highest BCUT2D eigenvalue weighted by Gasteiger charge is 2.51. The molecule has 1 aromatic carbocycles. The van der Waals surface area contributed by atoms with Crippen molar-refractivity contribution >= 4 is 29.2 Å². The number of aromatic nitrogens is 2. The van der Waals surface area contributed by atoms with Crippen LogP contribution in [0.15, 0.2) is 45.6 Å². The van der Waals surface area contributed by atoms with E-state index in [0.29, 0.717) is 11.3 Å². The maximum absolute atomic E-state index is 13.9. The van der Waals surface area contributed by atoms with E-state index in [9.17, 15) is 9.18 Å². The normalized spacial score (nSPS) is 24.2. The second-order valence-electron chi connectivity index (χ2n) is 6.45. The average Bonchev–Trinajstić information content (AvgIpc) is 3.04. The predicted octanol–water partition coefficient (Wildman–Crippen LogP) is 3.63. The van der Waals surface area contributed by atoms with Crippen LogP contribution in [0.25, 0.3) is 0 Å². The zero-order valence-electron chi connectivity index (χ0n) is 14.2. The number of thioether (sulfide) groups is 2. The fourth-order valence-electron chi connectivity index (χ4n) is 3.50. The first-order chi connectivity index (χ1) is 12.0. The Morgan fingerprint density at radius 3 is 2.88 bits per heavy atom. The summed E-state index contributed by atoms with van der Waals surface area (Å²) < 4.78 is 16.5. The first-order valence-corrected chi connectivity index (χ1v) is 10.1. The molecular formula is C18H18FN3OS2. The van der Waals surface area contributed by atoms with Crippen molar-refractivity contribution < 1.29 is 4.39 Å². The number of anilines is 1. The maximum atomic E-state index is 13.9. The monoisotopic (exact) mass is 375 g/mol. The average molecular weight is 375 g/mol. The van der Waals surface area contributed by atoms with Gasteiger partial charge in [-0.25, -0.2) is 9.07 Å². The van der Waals surface area contributed by atoms with Crippen molar-refractivity contribution in [2.24, 2.45) is 0 Å². The van der Waals surface area contributed by atoms with Crippen molar-refractivity contribution in [3.8, 4) is 0 Å². The Morgan fingerprint density at radius 1 is 1.40 bits per heavy atom. The Bertz CT molecular complexity index is 942. The highest BCUT2D eigenvalue weighted by Crippen LogP contribution is 2.60. The number of nitrogens with zero attached hydrogens (tertiary/aromatic N) is 3. The molecule has 0 saturated carbocycles. The third kappa shape index (κ3) is 2.44. The number of benzene rings is 1. The van der Waals surface area contributed by atoms with Crippen LogP contribution in [0.2, 0.25) is 0 Å². The molecular weight excluding hydrogens is 357 g/mol. The Labute approximate surface area is 154 Å². The van der Waals surface area contributed by atoms with E-state index >= 15 is 0 Å². The molecule has 1 aromatic heterocycles. The number of likely N-dealkylation sites (N-methyl/N-ethyl adjacent to an activating group) is 1. The van der Waals surface area contributed by atoms with E-state index in [1.165, 1.54) is 15.0 Å². The molecule has 2 aromatic rings. The van der Waals surface area contributed by atoms with Crippen LogP contribution in [0.1, 0.15) is 23.3 Å². The quantitative estimate of drug-likeness (QED) is 0.819. The Morgan fingerprint density at radius 2 is 2.16 bits per heavy atom. The van der Waals surface area contributed by atoms with E-state index in [4.69, 9.17) is 0 Å². The van der Waals surface area contributed by atoms with Crippen molar-refractivity contribution in [1.82, 2.24) is 9.78 Å². The van der Waals surface area contributed by atoms with Gasteiger partial charge >= 0.3 is 0 Å². The molecule has 0 radical (unpaired) electrons. The van der Waals surface area contributed by atoms with E-state index in [0.717, 1.165) is 5.56 Å². The number of rotatable bonds is 3. The van der Waals surface area contributed by atoms with E-state index < -0.39 is 0 Å². The zero-order chi connectivity index (χ0) is 17.8. The Kier molecular flexibility index (Phi) is 3.96. The Balaban J connectivity index is 1.76. The maximum Gasteiger partial charge on any atom is 0.290 e. The molecule has 0 N–H and O–H groups in total. The van der Waals surface area contributed by atoms with E-state index in [2.05, 4.69) is 24.4 Å². The summed E-state index contributed by atoms with van der Waals surface area (Å²) in [7, 11) is 1.95. The van der Waals surface area contributed by atoms with Gasteiger partial charge in [0.2, 0.25) is 0 Å². The van der Waals surface area contributed by atoms with Gasteiger partial charge in [-0.1, -0.05) is 18.2 Å². The Hall–Kier alpha value is -1.73. The number of fused-ring (bicyclic) bond motifs is 3. The molecule has 7 heteroatoms. The predicted molar refractivity (Wildman–Crippen MR) is 103 cm³/mol. The lowest BCUT2D eigenvalue weighted by molar-refractivity contribution is 0.569. The van der Waals surface area contributed by atoms with Gasteiger partial charge in [-0.2, -0.15) is 5.10 Å². The van der Waals surface area contributed by atoms with Crippen LogP contribution in [-0.2, 0) is 6.54 Å². The first-order valence-electron chi connectivity index (χ1n) is 7.96. The fourth-order valence-corrected chi connectivity index (χ4v) is 5.84. The summed E-state index contributed by atoms with van der Waals surface area (Å²) >= 11 is 3.51. The first kappa shape index (κ1) is 16.7. The fraction of sp³-hybridized carbons (Fsp3) is 0.333. The molecule has 25 heavy (non-hydrogen) atoms. The van der Waals surface area contributed by atoms with Gasteiger partial charge in [0.05, 0.1) is 23.5 Å². The van der Waals surface area contributed by atoms with Gasteiger partial charge in [0.1, 0.15) is 11.5 Å². The smallest absolute Gasteiger partial charge is 0.290 e. The van der Waals surface area contributed by atoms with Gasteiger partial charge in [0, 0.05) is 22.4 Å². The molecule has 4 rings (SSSR count). The van der Waals surface area contributed by atoms with Crippen LogP contribution in [0.5, 0.6) is 0 Å². The SMILES string of the molecule is CSC1=CC2(C)C(S1)c1cnn(Cc3ccccc3F)c(=O)c1N2C.